The molecule has 2 heterocycles. The standard InChI is InChI=1S/C25H29ClN2O3S/c1-4-18(9-8-17(2)3)25-28-22(15-31-24-7-5-6-12-29-24)23(32-25)16-30-20-11-10-19(14-27)21(26)13-20/h8-11,13,24H,4-7,12,15-16H2,1-3H3/b18-9+. The SMILES string of the molecule is CC/C(=C\C=C(C)C)c1nc(COC2CCCCO2)c(COc2ccc(C#N)c(Cl)c2)s1. The van der Waals surface area contributed by atoms with Gasteiger partial charge in [0.1, 0.15) is 23.4 Å². The van der Waals surface area contributed by atoms with Crippen molar-refractivity contribution in [1.82, 2.24) is 4.98 Å². The second-order valence-corrected chi connectivity index (χ2v) is 9.32. The van der Waals surface area contributed by atoms with Gasteiger partial charge in [-0.25, -0.2) is 4.98 Å². The fourth-order valence-corrected chi connectivity index (χ4v) is 4.48. The van der Waals surface area contributed by atoms with E-state index < -0.39 is 0 Å². The lowest BCUT2D eigenvalue weighted by Crippen LogP contribution is -2.22. The van der Waals surface area contributed by atoms with Crippen molar-refractivity contribution in [3.05, 3.63) is 62.1 Å². The Labute approximate surface area is 199 Å². The number of allylic oxidation sites excluding steroid dienone is 4. The highest BCUT2D eigenvalue weighted by atomic mass is 35.5. The van der Waals surface area contributed by atoms with Crippen molar-refractivity contribution in [1.29, 1.82) is 5.26 Å². The maximum absolute atomic E-state index is 9.06. The predicted molar refractivity (Wildman–Crippen MR) is 129 cm³/mol. The van der Waals surface area contributed by atoms with Crippen LogP contribution in [0.2, 0.25) is 5.02 Å². The Morgan fingerprint density at radius 2 is 2.16 bits per heavy atom. The van der Waals surface area contributed by atoms with Gasteiger partial charge in [-0.3, -0.25) is 0 Å². The maximum Gasteiger partial charge on any atom is 0.158 e. The van der Waals surface area contributed by atoms with Crippen LogP contribution in [0.25, 0.3) is 5.57 Å². The third-order valence-electron chi connectivity index (χ3n) is 5.03. The van der Waals surface area contributed by atoms with Crippen LogP contribution in [0.15, 0.2) is 35.9 Å². The summed E-state index contributed by atoms with van der Waals surface area (Å²) in [4.78, 5) is 5.90. The number of hydrogen-bond acceptors (Lipinski definition) is 6. The van der Waals surface area contributed by atoms with Gasteiger partial charge in [0.2, 0.25) is 0 Å². The van der Waals surface area contributed by atoms with Gasteiger partial charge in [-0.15, -0.1) is 11.3 Å². The first-order chi connectivity index (χ1) is 15.5. The molecule has 2 aromatic rings. The molecule has 3 rings (SSSR count). The van der Waals surface area contributed by atoms with Crippen LogP contribution >= 0.6 is 22.9 Å². The molecule has 5 nitrogen and oxygen atoms in total. The van der Waals surface area contributed by atoms with Gasteiger partial charge in [0.25, 0.3) is 0 Å². The van der Waals surface area contributed by atoms with Crippen molar-refractivity contribution in [3.8, 4) is 11.8 Å². The summed E-state index contributed by atoms with van der Waals surface area (Å²) in [6.45, 7) is 7.77. The molecule has 1 aliphatic rings. The number of rotatable bonds is 9. The van der Waals surface area contributed by atoms with Crippen LogP contribution in [-0.2, 0) is 22.7 Å². The van der Waals surface area contributed by atoms with Crippen molar-refractivity contribution in [3.63, 3.8) is 0 Å². The molecule has 0 radical (unpaired) electrons. The number of nitrogens with zero attached hydrogens (tertiary/aromatic N) is 2. The number of halogens is 1. The minimum absolute atomic E-state index is 0.174. The molecule has 0 bridgehead atoms. The molecule has 1 aliphatic heterocycles. The van der Waals surface area contributed by atoms with Crippen LogP contribution < -0.4 is 4.74 Å². The van der Waals surface area contributed by atoms with Gasteiger partial charge in [-0.05, 0) is 57.2 Å². The quantitative estimate of drug-likeness (QED) is 0.366. The highest BCUT2D eigenvalue weighted by molar-refractivity contribution is 7.12. The Morgan fingerprint density at radius 1 is 1.31 bits per heavy atom. The average Bonchev–Trinajstić information content (AvgIpc) is 3.20. The van der Waals surface area contributed by atoms with Crippen molar-refractivity contribution >= 4 is 28.5 Å². The molecule has 0 aliphatic carbocycles. The van der Waals surface area contributed by atoms with Crippen molar-refractivity contribution in [2.45, 2.75) is 66.0 Å². The van der Waals surface area contributed by atoms with Gasteiger partial charge < -0.3 is 14.2 Å². The smallest absolute Gasteiger partial charge is 0.158 e. The predicted octanol–water partition coefficient (Wildman–Crippen LogP) is 7.05. The van der Waals surface area contributed by atoms with Crippen LogP contribution in [0.3, 0.4) is 0 Å². The van der Waals surface area contributed by atoms with E-state index in [1.807, 2.05) is 0 Å². The van der Waals surface area contributed by atoms with Crippen LogP contribution in [0.4, 0.5) is 0 Å². The maximum atomic E-state index is 9.06. The molecule has 170 valence electrons. The minimum Gasteiger partial charge on any atom is -0.488 e. The summed E-state index contributed by atoms with van der Waals surface area (Å²) in [5, 5.41) is 10.4. The molecule has 1 unspecified atom stereocenters. The zero-order chi connectivity index (χ0) is 22.9. The molecule has 1 aromatic carbocycles. The van der Waals surface area contributed by atoms with Gasteiger partial charge in [-0.1, -0.05) is 36.2 Å². The number of ether oxygens (including phenoxy) is 3. The molecule has 1 atom stereocenters. The van der Waals surface area contributed by atoms with Crippen LogP contribution in [0, 0.1) is 11.3 Å². The summed E-state index contributed by atoms with van der Waals surface area (Å²) in [7, 11) is 0. The normalized spacial score (nSPS) is 16.5. The summed E-state index contributed by atoms with van der Waals surface area (Å²) in [6.07, 6.45) is 8.07. The zero-order valence-electron chi connectivity index (χ0n) is 18.8. The molecular weight excluding hydrogens is 444 g/mol. The van der Waals surface area contributed by atoms with E-state index in [4.69, 9.17) is 36.1 Å². The van der Waals surface area contributed by atoms with E-state index in [-0.39, 0.29) is 6.29 Å². The summed E-state index contributed by atoms with van der Waals surface area (Å²) >= 11 is 7.77. The molecule has 1 aromatic heterocycles. The van der Waals surface area contributed by atoms with Crippen molar-refractivity contribution < 1.29 is 14.2 Å². The largest absolute Gasteiger partial charge is 0.488 e. The van der Waals surface area contributed by atoms with Gasteiger partial charge in [0.05, 0.1) is 27.8 Å². The summed E-state index contributed by atoms with van der Waals surface area (Å²) in [6, 6.07) is 7.15. The Kier molecular flexibility index (Phi) is 9.31. The van der Waals surface area contributed by atoms with Crippen LogP contribution in [-0.4, -0.2) is 17.9 Å². The molecule has 1 fully saturated rings. The van der Waals surface area contributed by atoms with Gasteiger partial charge in [0, 0.05) is 12.7 Å². The summed E-state index contributed by atoms with van der Waals surface area (Å²) < 4.78 is 17.7. The summed E-state index contributed by atoms with van der Waals surface area (Å²) in [5.74, 6) is 0.613. The number of aromatic nitrogens is 1. The molecule has 32 heavy (non-hydrogen) atoms. The van der Waals surface area contributed by atoms with Crippen molar-refractivity contribution in [2.24, 2.45) is 0 Å². The highest BCUT2D eigenvalue weighted by Crippen LogP contribution is 2.30. The average molecular weight is 473 g/mol. The first kappa shape index (κ1) is 24.5. The van der Waals surface area contributed by atoms with Crippen molar-refractivity contribution in [2.75, 3.05) is 6.61 Å². The monoisotopic (exact) mass is 472 g/mol. The molecule has 0 spiro atoms. The first-order valence-electron chi connectivity index (χ1n) is 10.9. The molecule has 1 saturated heterocycles. The van der Waals surface area contributed by atoms with E-state index in [0.717, 1.165) is 47.9 Å². The first-order valence-corrected chi connectivity index (χ1v) is 12.1. The summed E-state index contributed by atoms with van der Waals surface area (Å²) in [5.41, 5.74) is 3.72. The zero-order valence-corrected chi connectivity index (χ0v) is 20.4. The van der Waals surface area contributed by atoms with E-state index in [2.05, 4.69) is 39.0 Å². The Morgan fingerprint density at radius 3 is 2.81 bits per heavy atom. The number of hydrogen-bond donors (Lipinski definition) is 0. The second-order valence-electron chi connectivity index (χ2n) is 7.83. The Bertz CT molecular complexity index is 1010. The van der Waals surface area contributed by atoms with Crippen LogP contribution in [0.1, 0.15) is 67.6 Å². The molecule has 0 N–H and O–H groups in total. The molecule has 7 heteroatoms. The van der Waals surface area contributed by atoms with E-state index in [1.54, 1.807) is 29.5 Å². The lowest BCUT2D eigenvalue weighted by atomic mass is 10.2. The van der Waals surface area contributed by atoms with E-state index in [0.29, 0.717) is 29.5 Å². The lowest BCUT2D eigenvalue weighted by Gasteiger charge is -2.22. The highest BCUT2D eigenvalue weighted by Gasteiger charge is 2.19. The van der Waals surface area contributed by atoms with Gasteiger partial charge in [0.15, 0.2) is 6.29 Å². The Hall–Kier alpha value is -2.17. The minimum atomic E-state index is -0.174. The fourth-order valence-electron chi connectivity index (χ4n) is 3.19. The fraction of sp³-hybridized carbons (Fsp3) is 0.440. The number of benzene rings is 1. The van der Waals surface area contributed by atoms with Crippen LogP contribution in [0.5, 0.6) is 5.75 Å². The Balaban J connectivity index is 1.80. The number of thiazole rings is 1. The lowest BCUT2D eigenvalue weighted by molar-refractivity contribution is -0.169. The van der Waals surface area contributed by atoms with Gasteiger partial charge in [-0.2, -0.15) is 5.26 Å². The van der Waals surface area contributed by atoms with E-state index in [9.17, 15) is 0 Å². The molecule has 0 saturated carbocycles. The van der Waals surface area contributed by atoms with Gasteiger partial charge >= 0.3 is 0 Å². The third-order valence-corrected chi connectivity index (χ3v) is 6.49. The molecule has 0 amide bonds. The topological polar surface area (TPSA) is 64.4 Å². The van der Waals surface area contributed by atoms with E-state index >= 15 is 0 Å². The van der Waals surface area contributed by atoms with E-state index in [1.165, 1.54) is 11.1 Å². The molecular formula is C25H29ClN2O3S. The number of nitriles is 1. The second kappa shape index (κ2) is 12.2. The third kappa shape index (κ3) is 6.91.